The summed E-state index contributed by atoms with van der Waals surface area (Å²) in [6.45, 7) is 5.92. The summed E-state index contributed by atoms with van der Waals surface area (Å²) in [6.07, 6.45) is 5.01. The Balaban J connectivity index is 1.67. The van der Waals surface area contributed by atoms with Crippen LogP contribution in [0.3, 0.4) is 0 Å². The number of nitrogens with zero attached hydrogens (tertiary/aromatic N) is 3. The molecule has 1 aliphatic heterocycles. The highest BCUT2D eigenvalue weighted by Crippen LogP contribution is 2.31. The molecule has 0 radical (unpaired) electrons. The molecule has 1 aromatic heterocycles. The number of rotatable bonds is 7. The van der Waals surface area contributed by atoms with Gasteiger partial charge in [-0.25, -0.2) is 4.98 Å². The Morgan fingerprint density at radius 2 is 2.07 bits per heavy atom. The first kappa shape index (κ1) is 19.9. The summed E-state index contributed by atoms with van der Waals surface area (Å²) in [5.41, 5.74) is 0.720. The number of nitrogens with one attached hydrogen (secondary N) is 1. The van der Waals surface area contributed by atoms with Crippen molar-refractivity contribution < 1.29 is 14.3 Å². The fraction of sp³-hybridized carbons (Fsp3) is 0.591. The summed E-state index contributed by atoms with van der Waals surface area (Å²) in [7, 11) is 0. The van der Waals surface area contributed by atoms with E-state index in [-0.39, 0.29) is 17.9 Å². The first-order valence-electron chi connectivity index (χ1n) is 10.7. The van der Waals surface area contributed by atoms with Crippen molar-refractivity contribution in [1.29, 1.82) is 0 Å². The third-order valence-electron chi connectivity index (χ3n) is 6.21. The second-order valence-electron chi connectivity index (χ2n) is 8.25. The Hall–Kier alpha value is -2.41. The summed E-state index contributed by atoms with van der Waals surface area (Å²) in [4.78, 5) is 33.1. The standard InChI is InChI=1S/C22H30N4O3/c1-3-29-14-8-13-26-20(27)19-24-17-11-6-7-12-18(17)25(19)15-22(26,2)21(28)23-16-9-4-5-10-16/h6-7,11-12,16H,3-5,8-10,13-15H2,1-2H3,(H,23,28)/t22-/m0/s1. The van der Waals surface area contributed by atoms with Gasteiger partial charge in [-0.15, -0.1) is 0 Å². The molecule has 1 atom stereocenters. The van der Waals surface area contributed by atoms with Crippen LogP contribution in [0.4, 0.5) is 0 Å². The smallest absolute Gasteiger partial charge is 0.290 e. The Morgan fingerprint density at radius 3 is 2.83 bits per heavy atom. The third-order valence-corrected chi connectivity index (χ3v) is 6.21. The molecule has 2 aliphatic rings. The number of aromatic nitrogens is 2. The van der Waals surface area contributed by atoms with Crippen LogP contribution in [-0.2, 0) is 16.1 Å². The van der Waals surface area contributed by atoms with Crippen molar-refractivity contribution in [3.63, 3.8) is 0 Å². The fourth-order valence-electron chi connectivity index (χ4n) is 4.56. The molecule has 2 aromatic rings. The van der Waals surface area contributed by atoms with Gasteiger partial charge in [-0.2, -0.15) is 0 Å². The van der Waals surface area contributed by atoms with Crippen molar-refractivity contribution in [2.75, 3.05) is 19.8 Å². The van der Waals surface area contributed by atoms with Gasteiger partial charge in [0.25, 0.3) is 5.91 Å². The maximum Gasteiger partial charge on any atom is 0.290 e. The van der Waals surface area contributed by atoms with Crippen LogP contribution in [0.5, 0.6) is 0 Å². The van der Waals surface area contributed by atoms with Crippen molar-refractivity contribution in [2.45, 2.75) is 64.1 Å². The molecule has 7 heteroatoms. The zero-order valence-corrected chi connectivity index (χ0v) is 17.3. The molecule has 0 unspecified atom stereocenters. The van der Waals surface area contributed by atoms with Gasteiger partial charge in [0.05, 0.1) is 17.6 Å². The van der Waals surface area contributed by atoms with Gasteiger partial charge in [0.2, 0.25) is 5.91 Å². The lowest BCUT2D eigenvalue weighted by molar-refractivity contribution is -0.133. The van der Waals surface area contributed by atoms with Crippen LogP contribution in [0.1, 0.15) is 56.6 Å². The molecule has 29 heavy (non-hydrogen) atoms. The zero-order valence-electron chi connectivity index (χ0n) is 17.3. The van der Waals surface area contributed by atoms with Crippen LogP contribution in [0.15, 0.2) is 24.3 Å². The van der Waals surface area contributed by atoms with Gasteiger partial charge in [-0.1, -0.05) is 25.0 Å². The van der Waals surface area contributed by atoms with E-state index in [4.69, 9.17) is 4.74 Å². The lowest BCUT2D eigenvalue weighted by Crippen LogP contribution is -2.65. The Bertz CT molecular complexity index is 903. The van der Waals surface area contributed by atoms with E-state index in [2.05, 4.69) is 10.3 Å². The predicted octanol–water partition coefficient (Wildman–Crippen LogP) is 2.74. The molecular weight excluding hydrogens is 368 g/mol. The van der Waals surface area contributed by atoms with Gasteiger partial charge >= 0.3 is 0 Å². The van der Waals surface area contributed by atoms with Crippen molar-refractivity contribution in [3.05, 3.63) is 30.1 Å². The van der Waals surface area contributed by atoms with E-state index in [1.54, 1.807) is 4.90 Å². The van der Waals surface area contributed by atoms with E-state index in [9.17, 15) is 9.59 Å². The predicted molar refractivity (Wildman–Crippen MR) is 111 cm³/mol. The van der Waals surface area contributed by atoms with Crippen molar-refractivity contribution in [1.82, 2.24) is 19.8 Å². The molecule has 1 fully saturated rings. The summed E-state index contributed by atoms with van der Waals surface area (Å²) in [5, 5.41) is 3.21. The molecule has 1 N–H and O–H groups in total. The Morgan fingerprint density at radius 1 is 1.31 bits per heavy atom. The summed E-state index contributed by atoms with van der Waals surface area (Å²) >= 11 is 0. The maximum atomic E-state index is 13.4. The molecule has 7 nitrogen and oxygen atoms in total. The van der Waals surface area contributed by atoms with Crippen molar-refractivity contribution in [2.24, 2.45) is 0 Å². The first-order valence-corrected chi connectivity index (χ1v) is 10.7. The van der Waals surface area contributed by atoms with Crippen molar-refractivity contribution >= 4 is 22.8 Å². The lowest BCUT2D eigenvalue weighted by Gasteiger charge is -2.44. The number of imidazole rings is 1. The number of hydrogen-bond acceptors (Lipinski definition) is 4. The van der Waals surface area contributed by atoms with E-state index in [0.717, 1.165) is 36.7 Å². The topological polar surface area (TPSA) is 76.5 Å². The van der Waals surface area contributed by atoms with Gasteiger partial charge in [-0.05, 0) is 45.2 Å². The molecule has 4 rings (SSSR count). The second kappa shape index (κ2) is 8.14. The molecular formula is C22H30N4O3. The van der Waals surface area contributed by atoms with E-state index in [1.807, 2.05) is 42.7 Å². The van der Waals surface area contributed by atoms with Crippen LogP contribution in [-0.4, -0.2) is 57.6 Å². The number of carbonyl (C=O) groups excluding carboxylic acids is 2. The SMILES string of the molecule is CCOCCCN1C(=O)c2nc3ccccc3n2C[C@@]1(C)C(=O)NC1CCCC1. The Kier molecular flexibility index (Phi) is 5.58. The molecule has 2 amide bonds. The van der Waals surface area contributed by atoms with Crippen molar-refractivity contribution in [3.8, 4) is 0 Å². The fourth-order valence-corrected chi connectivity index (χ4v) is 4.56. The van der Waals surface area contributed by atoms with Crippen LogP contribution < -0.4 is 5.32 Å². The minimum Gasteiger partial charge on any atom is -0.382 e. The van der Waals surface area contributed by atoms with Gasteiger partial charge in [0.1, 0.15) is 5.54 Å². The summed E-state index contributed by atoms with van der Waals surface area (Å²) in [5.74, 6) is 0.152. The number of carbonyl (C=O) groups is 2. The molecule has 0 saturated heterocycles. The van der Waals surface area contributed by atoms with Gasteiger partial charge in [0.15, 0.2) is 5.82 Å². The average molecular weight is 399 g/mol. The number of benzene rings is 1. The van der Waals surface area contributed by atoms with Crippen LogP contribution in [0.2, 0.25) is 0 Å². The third kappa shape index (κ3) is 3.64. The van der Waals surface area contributed by atoms with Gasteiger partial charge in [0, 0.05) is 25.8 Å². The monoisotopic (exact) mass is 398 g/mol. The van der Waals surface area contributed by atoms with Crippen LogP contribution in [0.25, 0.3) is 11.0 Å². The van der Waals surface area contributed by atoms with E-state index < -0.39 is 5.54 Å². The summed E-state index contributed by atoms with van der Waals surface area (Å²) in [6, 6.07) is 7.92. The normalized spacial score (nSPS) is 22.3. The zero-order chi connectivity index (χ0) is 20.4. The number of ether oxygens (including phenoxy) is 1. The average Bonchev–Trinajstić information content (AvgIpc) is 3.35. The van der Waals surface area contributed by atoms with Gasteiger partial charge in [-0.3, -0.25) is 9.59 Å². The molecule has 1 aliphatic carbocycles. The summed E-state index contributed by atoms with van der Waals surface area (Å²) < 4.78 is 7.36. The second-order valence-corrected chi connectivity index (χ2v) is 8.25. The first-order chi connectivity index (χ1) is 14.0. The van der Waals surface area contributed by atoms with Crippen LogP contribution >= 0.6 is 0 Å². The highest BCUT2D eigenvalue weighted by molar-refractivity contribution is 6.01. The Labute approximate surface area is 171 Å². The highest BCUT2D eigenvalue weighted by Gasteiger charge is 2.48. The molecule has 0 spiro atoms. The molecule has 1 saturated carbocycles. The van der Waals surface area contributed by atoms with E-state index in [1.165, 1.54) is 0 Å². The number of amides is 2. The minimum absolute atomic E-state index is 0.0717. The lowest BCUT2D eigenvalue weighted by atomic mass is 9.94. The molecule has 1 aromatic carbocycles. The molecule has 2 heterocycles. The van der Waals surface area contributed by atoms with Crippen LogP contribution in [0, 0.1) is 0 Å². The highest BCUT2D eigenvalue weighted by atomic mass is 16.5. The van der Waals surface area contributed by atoms with E-state index >= 15 is 0 Å². The quantitative estimate of drug-likeness (QED) is 0.728. The van der Waals surface area contributed by atoms with E-state index in [0.29, 0.717) is 38.5 Å². The minimum atomic E-state index is -0.956. The molecule has 156 valence electrons. The largest absolute Gasteiger partial charge is 0.382 e. The number of hydrogen-bond donors (Lipinski definition) is 1. The number of fused-ring (bicyclic) bond motifs is 3. The maximum absolute atomic E-state index is 13.4. The van der Waals surface area contributed by atoms with Gasteiger partial charge < -0.3 is 19.5 Å². The molecule has 0 bridgehead atoms. The number of para-hydroxylation sites is 2.